The van der Waals surface area contributed by atoms with Crippen molar-refractivity contribution in [2.75, 3.05) is 0 Å². The van der Waals surface area contributed by atoms with Crippen LogP contribution < -0.4 is 0 Å². The van der Waals surface area contributed by atoms with Crippen LogP contribution in [0.25, 0.3) is 0 Å². The quantitative estimate of drug-likeness (QED) is 0.639. The lowest BCUT2D eigenvalue weighted by atomic mass is 9.92. The number of Topliss-reactive ketones (excluding diaryl/α,β-unsaturated/α-hetero) is 1. The van der Waals surface area contributed by atoms with Gasteiger partial charge in [0.25, 0.3) is 0 Å². The SMILES string of the molecule is Cc1ccc(C(=O)C2=CC[CH]2)cn1. The van der Waals surface area contributed by atoms with Gasteiger partial charge in [-0.15, -0.1) is 0 Å². The molecular weight excluding hydrogens is 162 g/mol. The number of aryl methyl sites for hydroxylation is 1. The lowest BCUT2D eigenvalue weighted by Gasteiger charge is -2.11. The monoisotopic (exact) mass is 172 g/mol. The van der Waals surface area contributed by atoms with E-state index in [9.17, 15) is 4.79 Å². The highest BCUT2D eigenvalue weighted by molar-refractivity contribution is 6.10. The number of hydrogen-bond acceptors (Lipinski definition) is 2. The third kappa shape index (κ3) is 1.52. The van der Waals surface area contributed by atoms with Gasteiger partial charge in [-0.05, 0) is 31.9 Å². The first-order valence-corrected chi connectivity index (χ1v) is 4.28. The summed E-state index contributed by atoms with van der Waals surface area (Å²) in [5.41, 5.74) is 2.42. The molecule has 0 atom stereocenters. The molecule has 1 radical (unpaired) electrons. The topological polar surface area (TPSA) is 30.0 Å². The maximum absolute atomic E-state index is 11.6. The summed E-state index contributed by atoms with van der Waals surface area (Å²) in [5.74, 6) is 0.0822. The summed E-state index contributed by atoms with van der Waals surface area (Å²) < 4.78 is 0. The van der Waals surface area contributed by atoms with Crippen molar-refractivity contribution < 1.29 is 4.79 Å². The van der Waals surface area contributed by atoms with Crippen LogP contribution in [0.15, 0.2) is 30.0 Å². The highest BCUT2D eigenvalue weighted by Crippen LogP contribution is 2.20. The molecule has 65 valence electrons. The Morgan fingerprint density at radius 3 is 2.69 bits per heavy atom. The largest absolute Gasteiger partial charge is 0.289 e. The Kier molecular flexibility index (Phi) is 1.97. The van der Waals surface area contributed by atoms with Crippen molar-refractivity contribution in [3.05, 3.63) is 47.7 Å². The molecule has 1 heterocycles. The fourth-order valence-corrected chi connectivity index (χ4v) is 1.19. The number of nitrogens with zero attached hydrogens (tertiary/aromatic N) is 1. The Labute approximate surface area is 77.3 Å². The smallest absolute Gasteiger partial charge is 0.190 e. The van der Waals surface area contributed by atoms with E-state index >= 15 is 0 Å². The van der Waals surface area contributed by atoms with Gasteiger partial charge in [-0.2, -0.15) is 0 Å². The summed E-state index contributed by atoms with van der Waals surface area (Å²) in [6.45, 7) is 1.91. The molecule has 2 nitrogen and oxygen atoms in total. The number of hydrogen-bond donors (Lipinski definition) is 0. The summed E-state index contributed by atoms with van der Waals surface area (Å²) in [4.78, 5) is 15.7. The summed E-state index contributed by atoms with van der Waals surface area (Å²) in [6.07, 6.45) is 6.41. The standard InChI is InChI=1S/C11H10NO/c1-8-5-6-10(7-12-8)11(13)9-3-2-4-9/h3-7H,2H2,1H3. The molecular formula is C11H10NO. The molecule has 2 rings (SSSR count). The number of ketones is 1. The van der Waals surface area contributed by atoms with E-state index in [1.54, 1.807) is 6.20 Å². The highest BCUT2D eigenvalue weighted by Gasteiger charge is 2.16. The number of rotatable bonds is 2. The first-order valence-electron chi connectivity index (χ1n) is 4.28. The van der Waals surface area contributed by atoms with E-state index in [1.165, 1.54) is 0 Å². The van der Waals surface area contributed by atoms with Crippen LogP contribution in [0.2, 0.25) is 0 Å². The van der Waals surface area contributed by atoms with Crippen LogP contribution in [0.4, 0.5) is 0 Å². The molecule has 0 N–H and O–H groups in total. The summed E-state index contributed by atoms with van der Waals surface area (Å²) in [6, 6.07) is 3.67. The summed E-state index contributed by atoms with van der Waals surface area (Å²) in [7, 11) is 0. The Morgan fingerprint density at radius 2 is 2.23 bits per heavy atom. The molecule has 0 bridgehead atoms. The average molecular weight is 172 g/mol. The zero-order chi connectivity index (χ0) is 9.26. The van der Waals surface area contributed by atoms with Gasteiger partial charge in [0.1, 0.15) is 0 Å². The van der Waals surface area contributed by atoms with E-state index in [0.29, 0.717) is 5.56 Å². The molecule has 1 aliphatic rings. The average Bonchev–Trinajstić information content (AvgIpc) is 2.02. The molecule has 2 heteroatoms. The van der Waals surface area contributed by atoms with Crippen molar-refractivity contribution >= 4 is 5.78 Å². The van der Waals surface area contributed by atoms with Crippen molar-refractivity contribution in [2.24, 2.45) is 0 Å². The molecule has 0 fully saturated rings. The lowest BCUT2D eigenvalue weighted by molar-refractivity contribution is 0.103. The molecule has 0 spiro atoms. The van der Waals surface area contributed by atoms with Crippen molar-refractivity contribution in [1.82, 2.24) is 4.98 Å². The second-order valence-electron chi connectivity index (χ2n) is 3.12. The maximum Gasteiger partial charge on any atom is 0.190 e. The zero-order valence-corrected chi connectivity index (χ0v) is 7.45. The van der Waals surface area contributed by atoms with Crippen molar-refractivity contribution in [2.45, 2.75) is 13.3 Å². The molecule has 0 amide bonds. The van der Waals surface area contributed by atoms with Crippen LogP contribution in [0, 0.1) is 13.3 Å². The van der Waals surface area contributed by atoms with Gasteiger partial charge in [0.05, 0.1) is 0 Å². The number of allylic oxidation sites excluding steroid dienone is 2. The van der Waals surface area contributed by atoms with E-state index in [0.717, 1.165) is 17.7 Å². The van der Waals surface area contributed by atoms with Crippen molar-refractivity contribution in [3.8, 4) is 0 Å². The Hall–Kier alpha value is -1.44. The predicted octanol–water partition coefficient (Wildman–Crippen LogP) is 2.11. The highest BCUT2D eigenvalue weighted by atomic mass is 16.1. The fourth-order valence-electron chi connectivity index (χ4n) is 1.19. The van der Waals surface area contributed by atoms with Crippen molar-refractivity contribution in [1.29, 1.82) is 0 Å². The van der Waals surface area contributed by atoms with Crippen LogP contribution in [0.1, 0.15) is 22.5 Å². The minimum Gasteiger partial charge on any atom is -0.289 e. The number of carbonyl (C=O) groups excluding carboxylic acids is 1. The number of carbonyl (C=O) groups is 1. The minimum atomic E-state index is 0.0822. The van der Waals surface area contributed by atoms with Gasteiger partial charge in [0.2, 0.25) is 0 Å². The third-order valence-electron chi connectivity index (χ3n) is 2.11. The van der Waals surface area contributed by atoms with E-state index in [2.05, 4.69) is 4.98 Å². The Balaban J connectivity index is 2.25. The molecule has 1 aromatic rings. The van der Waals surface area contributed by atoms with Crippen LogP contribution >= 0.6 is 0 Å². The van der Waals surface area contributed by atoms with E-state index < -0.39 is 0 Å². The molecule has 0 aliphatic heterocycles. The van der Waals surface area contributed by atoms with Gasteiger partial charge >= 0.3 is 0 Å². The Bertz CT molecular complexity index is 362. The molecule has 1 aromatic heterocycles. The molecule has 0 unspecified atom stereocenters. The summed E-state index contributed by atoms with van der Waals surface area (Å²) in [5, 5.41) is 0. The Morgan fingerprint density at radius 1 is 1.46 bits per heavy atom. The number of aromatic nitrogens is 1. The van der Waals surface area contributed by atoms with Gasteiger partial charge in [-0.25, -0.2) is 0 Å². The minimum absolute atomic E-state index is 0.0822. The van der Waals surface area contributed by atoms with Crippen LogP contribution in [0.3, 0.4) is 0 Å². The van der Waals surface area contributed by atoms with E-state index in [4.69, 9.17) is 0 Å². The van der Waals surface area contributed by atoms with Crippen LogP contribution in [0.5, 0.6) is 0 Å². The normalized spacial score (nSPS) is 14.7. The molecule has 0 saturated heterocycles. The van der Waals surface area contributed by atoms with Crippen molar-refractivity contribution in [3.63, 3.8) is 0 Å². The maximum atomic E-state index is 11.6. The first kappa shape index (κ1) is 8.17. The first-order chi connectivity index (χ1) is 6.27. The molecule has 0 aromatic carbocycles. The van der Waals surface area contributed by atoms with Gasteiger partial charge in [-0.3, -0.25) is 9.78 Å². The van der Waals surface area contributed by atoms with Crippen LogP contribution in [-0.4, -0.2) is 10.8 Å². The number of pyridine rings is 1. The zero-order valence-electron chi connectivity index (χ0n) is 7.45. The van der Waals surface area contributed by atoms with Crippen LogP contribution in [-0.2, 0) is 0 Å². The van der Waals surface area contributed by atoms with E-state index in [1.807, 2.05) is 31.6 Å². The second-order valence-corrected chi connectivity index (χ2v) is 3.12. The molecule has 0 saturated carbocycles. The van der Waals surface area contributed by atoms with Gasteiger partial charge in [0, 0.05) is 23.0 Å². The molecule has 13 heavy (non-hydrogen) atoms. The third-order valence-corrected chi connectivity index (χ3v) is 2.11. The summed E-state index contributed by atoms with van der Waals surface area (Å²) >= 11 is 0. The molecule has 1 aliphatic carbocycles. The predicted molar refractivity (Wildman–Crippen MR) is 50.3 cm³/mol. The van der Waals surface area contributed by atoms with Gasteiger partial charge in [0.15, 0.2) is 5.78 Å². The van der Waals surface area contributed by atoms with E-state index in [-0.39, 0.29) is 5.78 Å². The second kappa shape index (κ2) is 3.13. The van der Waals surface area contributed by atoms with Gasteiger partial charge in [-0.1, -0.05) is 6.08 Å². The fraction of sp³-hybridized carbons (Fsp3) is 0.182. The lowest BCUT2D eigenvalue weighted by Crippen LogP contribution is -2.09. The van der Waals surface area contributed by atoms with Gasteiger partial charge < -0.3 is 0 Å².